The van der Waals surface area contributed by atoms with Gasteiger partial charge in [0.25, 0.3) is 0 Å². The summed E-state index contributed by atoms with van der Waals surface area (Å²) in [7, 11) is 0. The van der Waals surface area contributed by atoms with E-state index >= 15 is 0 Å². The van der Waals surface area contributed by atoms with Crippen LogP contribution in [0, 0.1) is 11.8 Å². The molecule has 2 N–H and O–H groups in total. The van der Waals surface area contributed by atoms with Crippen molar-refractivity contribution in [1.82, 2.24) is 10.2 Å². The number of piperidine rings is 1. The highest BCUT2D eigenvalue weighted by Gasteiger charge is 2.25. The first-order chi connectivity index (χ1) is 10.6. The van der Waals surface area contributed by atoms with Crippen LogP contribution < -0.4 is 5.32 Å². The maximum atomic E-state index is 11.9. The normalized spacial score (nSPS) is 20.7. The molecule has 0 aromatic heterocycles. The molecule has 0 radical (unpaired) electrons. The number of hydrogen-bond acceptors (Lipinski definition) is 3. The third-order valence-electron chi connectivity index (χ3n) is 5.14. The van der Waals surface area contributed by atoms with Gasteiger partial charge < -0.3 is 10.4 Å². The van der Waals surface area contributed by atoms with Crippen molar-refractivity contribution in [1.29, 1.82) is 0 Å². The molecule has 2 fully saturated rings. The van der Waals surface area contributed by atoms with Gasteiger partial charge in [0.15, 0.2) is 0 Å². The van der Waals surface area contributed by atoms with Gasteiger partial charge in [-0.3, -0.25) is 14.5 Å². The fraction of sp³-hybridized carbons (Fsp3) is 0.882. The van der Waals surface area contributed by atoms with E-state index in [0.29, 0.717) is 32.5 Å². The number of amides is 1. The van der Waals surface area contributed by atoms with Crippen LogP contribution in [-0.4, -0.2) is 48.1 Å². The Morgan fingerprint density at radius 2 is 1.70 bits per heavy atom. The predicted octanol–water partition coefficient (Wildman–Crippen LogP) is 2.68. The second-order valence-electron chi connectivity index (χ2n) is 6.88. The summed E-state index contributed by atoms with van der Waals surface area (Å²) >= 11 is 0. The summed E-state index contributed by atoms with van der Waals surface area (Å²) in [5.41, 5.74) is 0. The minimum atomic E-state index is -0.702. The number of nitrogens with zero attached hydrogens (tertiary/aromatic N) is 1. The standard InChI is InChI=1S/C17H30N2O3.ClH/c20-16(13-19-11-8-15(9-12-19)17(21)22)18-10-4-7-14-5-2-1-3-6-14;/h14-15H,1-13H2,(H,18,20)(H,21,22);1H. The van der Waals surface area contributed by atoms with E-state index in [0.717, 1.165) is 18.9 Å². The molecular weight excluding hydrogens is 316 g/mol. The van der Waals surface area contributed by atoms with Crippen molar-refractivity contribution >= 4 is 24.3 Å². The van der Waals surface area contributed by atoms with E-state index in [1.165, 1.54) is 38.5 Å². The molecule has 5 nitrogen and oxygen atoms in total. The van der Waals surface area contributed by atoms with Crippen LogP contribution in [-0.2, 0) is 9.59 Å². The fourth-order valence-electron chi connectivity index (χ4n) is 3.69. The number of aliphatic carboxylic acids is 1. The lowest BCUT2D eigenvalue weighted by atomic mass is 9.86. The first kappa shape index (κ1) is 20.2. The fourth-order valence-corrected chi connectivity index (χ4v) is 3.69. The Morgan fingerprint density at radius 3 is 2.30 bits per heavy atom. The number of carbonyl (C=O) groups excluding carboxylic acids is 1. The van der Waals surface area contributed by atoms with Gasteiger partial charge >= 0.3 is 5.97 Å². The van der Waals surface area contributed by atoms with Crippen molar-refractivity contribution in [2.45, 2.75) is 57.8 Å². The number of carboxylic acid groups (broad SMARTS) is 1. The SMILES string of the molecule is Cl.O=C(CN1CCC(C(=O)O)CC1)NCCCC1CCCCC1. The zero-order valence-corrected chi connectivity index (χ0v) is 14.8. The summed E-state index contributed by atoms with van der Waals surface area (Å²) in [4.78, 5) is 24.9. The molecule has 0 bridgehead atoms. The molecular formula is C17H31ClN2O3. The van der Waals surface area contributed by atoms with Gasteiger partial charge in [-0.2, -0.15) is 0 Å². The molecule has 0 aromatic carbocycles. The van der Waals surface area contributed by atoms with Gasteiger partial charge in [0.1, 0.15) is 0 Å². The molecule has 1 saturated carbocycles. The van der Waals surface area contributed by atoms with E-state index in [9.17, 15) is 9.59 Å². The van der Waals surface area contributed by atoms with E-state index in [2.05, 4.69) is 10.2 Å². The van der Waals surface area contributed by atoms with Crippen LogP contribution >= 0.6 is 12.4 Å². The maximum Gasteiger partial charge on any atom is 0.306 e. The van der Waals surface area contributed by atoms with Crippen molar-refractivity contribution in [3.05, 3.63) is 0 Å². The number of likely N-dealkylation sites (tertiary alicyclic amines) is 1. The predicted molar refractivity (Wildman–Crippen MR) is 92.9 cm³/mol. The lowest BCUT2D eigenvalue weighted by Crippen LogP contribution is -2.42. The largest absolute Gasteiger partial charge is 0.481 e. The molecule has 0 atom stereocenters. The van der Waals surface area contributed by atoms with Gasteiger partial charge in [-0.1, -0.05) is 32.1 Å². The topological polar surface area (TPSA) is 69.6 Å². The van der Waals surface area contributed by atoms with E-state index in [-0.39, 0.29) is 24.2 Å². The number of rotatable bonds is 7. The summed E-state index contributed by atoms with van der Waals surface area (Å²) in [5, 5.41) is 12.0. The third-order valence-corrected chi connectivity index (χ3v) is 5.14. The summed E-state index contributed by atoms with van der Waals surface area (Å²) < 4.78 is 0. The van der Waals surface area contributed by atoms with Crippen LogP contribution in [0.4, 0.5) is 0 Å². The molecule has 2 aliphatic rings. The number of nitrogens with one attached hydrogen (secondary N) is 1. The lowest BCUT2D eigenvalue weighted by Gasteiger charge is -2.29. The highest BCUT2D eigenvalue weighted by atomic mass is 35.5. The molecule has 0 spiro atoms. The van der Waals surface area contributed by atoms with E-state index < -0.39 is 5.97 Å². The average molecular weight is 347 g/mol. The molecule has 1 saturated heterocycles. The highest BCUT2D eigenvalue weighted by Crippen LogP contribution is 2.26. The Bertz CT molecular complexity index is 365. The molecule has 1 aliphatic carbocycles. The Balaban J connectivity index is 0.00000264. The Hall–Kier alpha value is -0.810. The van der Waals surface area contributed by atoms with Crippen LogP contribution in [0.25, 0.3) is 0 Å². The minimum absolute atomic E-state index is 0. The maximum absolute atomic E-state index is 11.9. The van der Waals surface area contributed by atoms with Crippen molar-refractivity contribution in [2.24, 2.45) is 11.8 Å². The average Bonchev–Trinajstić information content (AvgIpc) is 2.53. The molecule has 1 aliphatic heterocycles. The monoisotopic (exact) mass is 346 g/mol. The number of halogens is 1. The molecule has 134 valence electrons. The van der Waals surface area contributed by atoms with Crippen LogP contribution in [0.2, 0.25) is 0 Å². The molecule has 0 unspecified atom stereocenters. The van der Waals surface area contributed by atoms with Crippen molar-refractivity contribution in [2.75, 3.05) is 26.2 Å². The summed E-state index contributed by atoms with van der Waals surface area (Å²) in [6.07, 6.45) is 10.5. The molecule has 1 amide bonds. The third kappa shape index (κ3) is 7.53. The first-order valence-corrected chi connectivity index (χ1v) is 8.87. The van der Waals surface area contributed by atoms with Crippen molar-refractivity contribution in [3.63, 3.8) is 0 Å². The Morgan fingerprint density at radius 1 is 1.04 bits per heavy atom. The smallest absolute Gasteiger partial charge is 0.306 e. The zero-order chi connectivity index (χ0) is 15.8. The Labute approximate surface area is 145 Å². The number of carboxylic acids is 1. The highest BCUT2D eigenvalue weighted by molar-refractivity contribution is 5.85. The van der Waals surface area contributed by atoms with Crippen LogP contribution in [0.1, 0.15) is 57.8 Å². The van der Waals surface area contributed by atoms with Crippen LogP contribution in [0.5, 0.6) is 0 Å². The lowest BCUT2D eigenvalue weighted by molar-refractivity contribution is -0.143. The Kier molecular flexibility index (Phi) is 9.56. The van der Waals surface area contributed by atoms with Crippen LogP contribution in [0.15, 0.2) is 0 Å². The van der Waals surface area contributed by atoms with Gasteiger partial charge in [0, 0.05) is 6.54 Å². The number of hydrogen-bond donors (Lipinski definition) is 2. The van der Waals surface area contributed by atoms with Crippen molar-refractivity contribution < 1.29 is 14.7 Å². The van der Waals surface area contributed by atoms with Gasteiger partial charge in [0.05, 0.1) is 12.5 Å². The van der Waals surface area contributed by atoms with Gasteiger partial charge in [-0.15, -0.1) is 12.4 Å². The summed E-state index contributed by atoms with van der Waals surface area (Å²) in [5.74, 6) is 0.0275. The molecule has 1 heterocycles. The van der Waals surface area contributed by atoms with Crippen molar-refractivity contribution in [3.8, 4) is 0 Å². The second-order valence-corrected chi connectivity index (χ2v) is 6.88. The zero-order valence-electron chi connectivity index (χ0n) is 14.0. The van der Waals surface area contributed by atoms with Gasteiger partial charge in [0.2, 0.25) is 5.91 Å². The van der Waals surface area contributed by atoms with Gasteiger partial charge in [-0.05, 0) is 44.7 Å². The second kappa shape index (κ2) is 10.9. The minimum Gasteiger partial charge on any atom is -0.481 e. The quantitative estimate of drug-likeness (QED) is 0.695. The number of carbonyl (C=O) groups is 2. The van der Waals surface area contributed by atoms with E-state index in [1.54, 1.807) is 0 Å². The van der Waals surface area contributed by atoms with E-state index in [4.69, 9.17) is 5.11 Å². The molecule has 2 rings (SSSR count). The molecule has 23 heavy (non-hydrogen) atoms. The van der Waals surface area contributed by atoms with E-state index in [1.807, 2.05) is 0 Å². The van der Waals surface area contributed by atoms with Gasteiger partial charge in [-0.25, -0.2) is 0 Å². The molecule has 0 aromatic rings. The molecule has 6 heteroatoms. The summed E-state index contributed by atoms with van der Waals surface area (Å²) in [6, 6.07) is 0. The first-order valence-electron chi connectivity index (χ1n) is 8.87. The van der Waals surface area contributed by atoms with Crippen LogP contribution in [0.3, 0.4) is 0 Å². The summed E-state index contributed by atoms with van der Waals surface area (Å²) in [6.45, 7) is 2.62.